The lowest BCUT2D eigenvalue weighted by molar-refractivity contribution is 0.316. The van der Waals surface area contributed by atoms with Crippen LogP contribution >= 0.6 is 0 Å². The maximum absolute atomic E-state index is 11.4. The van der Waals surface area contributed by atoms with Crippen LogP contribution in [0.4, 0.5) is 0 Å². The highest BCUT2D eigenvalue weighted by Gasteiger charge is 2.36. The molecule has 0 saturated heterocycles. The predicted molar refractivity (Wildman–Crippen MR) is 52.6 cm³/mol. The standard InChI is InChI=1S/C7H15N3O3S/c1-5(4-7(8)9-11)10-14(12,13)6-2-3-6/h5-6,10-11H,2-4H2,1H3,(H2,8,9). The summed E-state index contributed by atoms with van der Waals surface area (Å²) in [4.78, 5) is 0. The van der Waals surface area contributed by atoms with Crippen LogP contribution in [0.5, 0.6) is 0 Å². The van der Waals surface area contributed by atoms with Gasteiger partial charge in [-0.25, -0.2) is 13.1 Å². The summed E-state index contributed by atoms with van der Waals surface area (Å²) in [6.45, 7) is 1.68. The largest absolute Gasteiger partial charge is 0.409 e. The minimum atomic E-state index is -3.18. The van der Waals surface area contributed by atoms with E-state index in [1.54, 1.807) is 6.92 Å². The van der Waals surface area contributed by atoms with Crippen molar-refractivity contribution in [3.8, 4) is 0 Å². The zero-order chi connectivity index (χ0) is 10.8. The Labute approximate surface area is 83.2 Å². The van der Waals surface area contributed by atoms with Crippen molar-refractivity contribution in [2.45, 2.75) is 37.5 Å². The van der Waals surface area contributed by atoms with Crippen LogP contribution in [0.2, 0.25) is 0 Å². The first-order valence-electron chi connectivity index (χ1n) is 4.43. The minimum Gasteiger partial charge on any atom is -0.409 e. The molecular weight excluding hydrogens is 206 g/mol. The summed E-state index contributed by atoms with van der Waals surface area (Å²) in [6.07, 6.45) is 1.67. The second-order valence-electron chi connectivity index (χ2n) is 3.56. The third-order valence-corrected chi connectivity index (χ3v) is 4.05. The molecule has 0 bridgehead atoms. The Morgan fingerprint density at radius 1 is 1.71 bits per heavy atom. The molecule has 0 radical (unpaired) electrons. The smallest absolute Gasteiger partial charge is 0.214 e. The molecule has 0 aliphatic heterocycles. The molecule has 1 fully saturated rings. The van der Waals surface area contributed by atoms with Crippen LogP contribution in [0.1, 0.15) is 26.2 Å². The number of oxime groups is 1. The van der Waals surface area contributed by atoms with Gasteiger partial charge in [0.1, 0.15) is 5.84 Å². The van der Waals surface area contributed by atoms with Gasteiger partial charge >= 0.3 is 0 Å². The second-order valence-corrected chi connectivity index (χ2v) is 5.55. The Bertz CT molecular complexity index is 321. The first-order valence-corrected chi connectivity index (χ1v) is 5.98. The van der Waals surface area contributed by atoms with Gasteiger partial charge < -0.3 is 10.9 Å². The molecule has 0 heterocycles. The summed E-state index contributed by atoms with van der Waals surface area (Å²) in [5, 5.41) is 10.8. The molecule has 14 heavy (non-hydrogen) atoms. The van der Waals surface area contributed by atoms with Gasteiger partial charge in [-0.1, -0.05) is 5.16 Å². The van der Waals surface area contributed by atoms with Crippen LogP contribution in [0.15, 0.2) is 5.16 Å². The normalized spacial score (nSPS) is 20.8. The zero-order valence-corrected chi connectivity index (χ0v) is 8.79. The Balaban J connectivity index is 2.43. The zero-order valence-electron chi connectivity index (χ0n) is 7.97. The van der Waals surface area contributed by atoms with Crippen molar-refractivity contribution < 1.29 is 13.6 Å². The number of hydrogen-bond acceptors (Lipinski definition) is 4. The molecule has 0 aromatic carbocycles. The summed E-state index contributed by atoms with van der Waals surface area (Å²) in [7, 11) is -3.18. The van der Waals surface area contributed by atoms with Gasteiger partial charge in [0.25, 0.3) is 0 Å². The first kappa shape index (κ1) is 11.3. The number of rotatable bonds is 5. The number of hydrogen-bond donors (Lipinski definition) is 3. The number of nitrogens with one attached hydrogen (secondary N) is 1. The average Bonchev–Trinajstić information content (AvgIpc) is 2.84. The molecule has 1 unspecified atom stereocenters. The van der Waals surface area contributed by atoms with Crippen LogP contribution < -0.4 is 10.5 Å². The van der Waals surface area contributed by atoms with Crippen LogP contribution in [-0.2, 0) is 10.0 Å². The summed E-state index contributed by atoms with van der Waals surface area (Å²) in [5.41, 5.74) is 5.25. The molecule has 1 aliphatic carbocycles. The molecule has 82 valence electrons. The van der Waals surface area contributed by atoms with Gasteiger partial charge in [-0.05, 0) is 19.8 Å². The molecule has 6 nitrogen and oxygen atoms in total. The highest BCUT2D eigenvalue weighted by atomic mass is 32.2. The molecule has 7 heteroatoms. The highest BCUT2D eigenvalue weighted by molar-refractivity contribution is 7.90. The maximum atomic E-state index is 11.4. The predicted octanol–water partition coefficient (Wildman–Crippen LogP) is -0.407. The summed E-state index contributed by atoms with van der Waals surface area (Å²) in [6, 6.07) is -0.337. The number of nitrogens with two attached hydrogens (primary N) is 1. The fraction of sp³-hybridized carbons (Fsp3) is 0.857. The van der Waals surface area contributed by atoms with E-state index in [1.807, 2.05) is 0 Å². The van der Waals surface area contributed by atoms with E-state index in [0.717, 1.165) is 12.8 Å². The van der Waals surface area contributed by atoms with E-state index >= 15 is 0 Å². The molecule has 1 aliphatic rings. The van der Waals surface area contributed by atoms with Gasteiger partial charge in [0, 0.05) is 12.5 Å². The maximum Gasteiger partial charge on any atom is 0.214 e. The van der Waals surface area contributed by atoms with Crippen molar-refractivity contribution in [2.24, 2.45) is 10.9 Å². The van der Waals surface area contributed by atoms with E-state index in [1.165, 1.54) is 0 Å². The van der Waals surface area contributed by atoms with Crippen LogP contribution in [0, 0.1) is 0 Å². The molecule has 1 atom stereocenters. The van der Waals surface area contributed by atoms with Crippen LogP contribution in [0.25, 0.3) is 0 Å². The molecule has 1 rings (SSSR count). The van der Waals surface area contributed by atoms with E-state index in [-0.39, 0.29) is 23.5 Å². The Morgan fingerprint density at radius 3 is 2.71 bits per heavy atom. The van der Waals surface area contributed by atoms with E-state index < -0.39 is 10.0 Å². The molecule has 1 saturated carbocycles. The molecule has 0 amide bonds. The lowest BCUT2D eigenvalue weighted by atomic mass is 10.2. The van der Waals surface area contributed by atoms with E-state index in [9.17, 15) is 8.42 Å². The molecule has 0 spiro atoms. The van der Waals surface area contributed by atoms with Crippen molar-refractivity contribution in [3.63, 3.8) is 0 Å². The van der Waals surface area contributed by atoms with Gasteiger partial charge in [0.05, 0.1) is 5.25 Å². The summed E-state index contributed by atoms with van der Waals surface area (Å²) >= 11 is 0. The molecule has 4 N–H and O–H groups in total. The second kappa shape index (κ2) is 4.14. The topological polar surface area (TPSA) is 105 Å². The summed E-state index contributed by atoms with van der Waals surface area (Å²) < 4.78 is 25.3. The van der Waals surface area contributed by atoms with Gasteiger partial charge in [0.15, 0.2) is 0 Å². The van der Waals surface area contributed by atoms with Crippen molar-refractivity contribution in [1.82, 2.24) is 4.72 Å². The van der Waals surface area contributed by atoms with E-state index in [2.05, 4.69) is 9.88 Å². The highest BCUT2D eigenvalue weighted by Crippen LogP contribution is 2.27. The average molecular weight is 221 g/mol. The number of sulfonamides is 1. The first-order chi connectivity index (χ1) is 6.45. The number of amidine groups is 1. The van der Waals surface area contributed by atoms with E-state index in [0.29, 0.717) is 0 Å². The Morgan fingerprint density at radius 2 is 2.29 bits per heavy atom. The lowest BCUT2D eigenvalue weighted by Gasteiger charge is -2.12. The van der Waals surface area contributed by atoms with E-state index in [4.69, 9.17) is 10.9 Å². The SMILES string of the molecule is CC(CC(N)=NO)NS(=O)(=O)C1CC1. The third-order valence-electron chi connectivity index (χ3n) is 1.97. The van der Waals surface area contributed by atoms with Crippen molar-refractivity contribution in [2.75, 3.05) is 0 Å². The Hall–Kier alpha value is -0.820. The summed E-state index contributed by atoms with van der Waals surface area (Å²) in [5.74, 6) is 0.0241. The van der Waals surface area contributed by atoms with Gasteiger partial charge in [-0.15, -0.1) is 0 Å². The van der Waals surface area contributed by atoms with Crippen molar-refractivity contribution >= 4 is 15.9 Å². The van der Waals surface area contributed by atoms with Crippen molar-refractivity contribution in [1.29, 1.82) is 0 Å². The molecule has 0 aromatic rings. The fourth-order valence-corrected chi connectivity index (χ4v) is 2.74. The van der Waals surface area contributed by atoms with Crippen LogP contribution in [-0.4, -0.2) is 30.8 Å². The van der Waals surface area contributed by atoms with Crippen LogP contribution in [0.3, 0.4) is 0 Å². The lowest BCUT2D eigenvalue weighted by Crippen LogP contribution is -2.37. The minimum absolute atomic E-state index is 0.0241. The monoisotopic (exact) mass is 221 g/mol. The quantitative estimate of drug-likeness (QED) is 0.254. The Kier molecular flexibility index (Phi) is 3.33. The molecule has 0 aromatic heterocycles. The van der Waals surface area contributed by atoms with Gasteiger partial charge in [-0.2, -0.15) is 0 Å². The van der Waals surface area contributed by atoms with Crippen molar-refractivity contribution in [3.05, 3.63) is 0 Å². The molecular formula is C7H15N3O3S. The third kappa shape index (κ3) is 3.15. The number of nitrogens with zero attached hydrogens (tertiary/aromatic N) is 1. The van der Waals surface area contributed by atoms with Gasteiger partial charge in [0.2, 0.25) is 10.0 Å². The fourth-order valence-electron chi connectivity index (χ4n) is 1.15. The van der Waals surface area contributed by atoms with Gasteiger partial charge in [-0.3, -0.25) is 0 Å².